The van der Waals surface area contributed by atoms with Gasteiger partial charge in [-0.05, 0) is 62.4 Å². The molecule has 2 rings (SSSR count). The molecule has 1 aliphatic rings. The third kappa shape index (κ3) is 5.81. The van der Waals surface area contributed by atoms with Crippen LogP contribution in [0, 0.1) is 17.6 Å². The van der Waals surface area contributed by atoms with E-state index in [0.29, 0.717) is 12.0 Å². The molecule has 0 radical (unpaired) electrons. The number of hydrogen-bond acceptors (Lipinski definition) is 3. The number of unbranched alkanes of at least 4 members (excludes halogenated alkanes) is 1. The van der Waals surface area contributed by atoms with Gasteiger partial charge in [-0.2, -0.15) is 0 Å². The molecule has 136 valence electrons. The van der Waals surface area contributed by atoms with Crippen LogP contribution in [0.1, 0.15) is 48.0 Å². The van der Waals surface area contributed by atoms with Crippen molar-refractivity contribution in [2.75, 3.05) is 13.1 Å². The summed E-state index contributed by atoms with van der Waals surface area (Å²) in [5, 5.41) is 0. The van der Waals surface area contributed by atoms with Crippen molar-refractivity contribution >= 4 is 20.3 Å². The van der Waals surface area contributed by atoms with Crippen LogP contribution in [0.3, 0.4) is 0 Å². The van der Waals surface area contributed by atoms with Crippen molar-refractivity contribution < 1.29 is 18.4 Å². The van der Waals surface area contributed by atoms with E-state index in [1.807, 2.05) is 10.9 Å². The number of hydrogen-bond donors (Lipinski definition) is 2. The first-order valence-electron chi connectivity index (χ1n) is 8.67. The first kappa shape index (κ1) is 19.4. The molecule has 0 saturated carbocycles. The lowest BCUT2D eigenvalue weighted by atomic mass is 9.90. The summed E-state index contributed by atoms with van der Waals surface area (Å²) in [6, 6.07) is 2.38. The van der Waals surface area contributed by atoms with E-state index in [0.717, 1.165) is 38.3 Å². The maximum absolute atomic E-state index is 14.0. The van der Waals surface area contributed by atoms with Crippen LogP contribution in [0.15, 0.2) is 12.1 Å². The Morgan fingerprint density at radius 2 is 1.88 bits per heavy atom. The van der Waals surface area contributed by atoms with Gasteiger partial charge in [-0.1, -0.05) is 12.8 Å². The predicted octanol–water partition coefficient (Wildman–Crippen LogP) is 1.33. The van der Waals surface area contributed by atoms with Crippen LogP contribution >= 0.6 is 0 Å². The highest BCUT2D eigenvalue weighted by Crippen LogP contribution is 2.23. The SMILES string of the molecule is BN1CCC(CCCCc2cc(F)c(C(=O)NNC=O)c(F)c2)CC1. The molecule has 1 aromatic rings. The van der Waals surface area contributed by atoms with Gasteiger partial charge in [0.15, 0.2) is 7.98 Å². The fourth-order valence-corrected chi connectivity index (χ4v) is 3.26. The Labute approximate surface area is 147 Å². The molecule has 1 heterocycles. The van der Waals surface area contributed by atoms with Crippen LogP contribution in [0.4, 0.5) is 8.78 Å². The summed E-state index contributed by atoms with van der Waals surface area (Å²) in [6.45, 7) is 2.28. The molecule has 1 saturated heterocycles. The normalized spacial score (nSPS) is 15.8. The van der Waals surface area contributed by atoms with Crippen LogP contribution in [0.25, 0.3) is 0 Å². The molecule has 0 bridgehead atoms. The summed E-state index contributed by atoms with van der Waals surface area (Å²) in [5.74, 6) is -2.11. The molecular weight excluding hydrogens is 327 g/mol. The summed E-state index contributed by atoms with van der Waals surface area (Å²) in [4.78, 5) is 24.1. The van der Waals surface area contributed by atoms with Gasteiger partial charge in [0.1, 0.15) is 17.2 Å². The van der Waals surface area contributed by atoms with E-state index in [2.05, 4.69) is 12.8 Å². The van der Waals surface area contributed by atoms with Gasteiger partial charge in [-0.3, -0.25) is 20.4 Å². The van der Waals surface area contributed by atoms with Gasteiger partial charge >= 0.3 is 0 Å². The second-order valence-electron chi connectivity index (χ2n) is 6.64. The first-order chi connectivity index (χ1) is 12.0. The molecule has 0 aliphatic carbocycles. The zero-order valence-corrected chi connectivity index (χ0v) is 14.5. The number of hydrazine groups is 1. The lowest BCUT2D eigenvalue weighted by Gasteiger charge is -2.29. The standard InChI is InChI=1S/C17H24BF2N3O2/c18-23-7-5-12(6-8-23)3-1-2-4-13-9-14(19)16(15(20)10-13)17(25)22-21-11-24/h9-12H,1-8,18H2,(H,21,24)(H,22,25). The quantitative estimate of drug-likeness (QED) is 0.322. The monoisotopic (exact) mass is 351 g/mol. The third-order valence-corrected chi connectivity index (χ3v) is 4.74. The Kier molecular flexibility index (Phi) is 7.37. The van der Waals surface area contributed by atoms with E-state index in [1.165, 1.54) is 25.0 Å². The van der Waals surface area contributed by atoms with Gasteiger partial charge in [0.2, 0.25) is 6.41 Å². The number of rotatable bonds is 8. The molecule has 8 heteroatoms. The van der Waals surface area contributed by atoms with Crippen molar-refractivity contribution in [3.63, 3.8) is 0 Å². The molecule has 2 amide bonds. The highest BCUT2D eigenvalue weighted by Gasteiger charge is 2.19. The predicted molar refractivity (Wildman–Crippen MR) is 93.4 cm³/mol. The number of piperidine rings is 1. The number of carbonyl (C=O) groups is 2. The van der Waals surface area contributed by atoms with Gasteiger partial charge in [-0.25, -0.2) is 8.78 Å². The average Bonchev–Trinajstić information content (AvgIpc) is 2.58. The Morgan fingerprint density at radius 3 is 2.48 bits per heavy atom. The second kappa shape index (κ2) is 9.51. The van der Waals surface area contributed by atoms with Crippen molar-refractivity contribution in [3.05, 3.63) is 34.9 Å². The van der Waals surface area contributed by atoms with Crippen molar-refractivity contribution in [1.82, 2.24) is 15.7 Å². The van der Waals surface area contributed by atoms with E-state index >= 15 is 0 Å². The van der Waals surface area contributed by atoms with E-state index in [-0.39, 0.29) is 6.41 Å². The van der Waals surface area contributed by atoms with Crippen molar-refractivity contribution in [2.45, 2.75) is 38.5 Å². The summed E-state index contributed by atoms with van der Waals surface area (Å²) >= 11 is 0. The number of aryl methyl sites for hydroxylation is 1. The topological polar surface area (TPSA) is 61.4 Å². The van der Waals surface area contributed by atoms with E-state index in [9.17, 15) is 18.4 Å². The van der Waals surface area contributed by atoms with Crippen LogP contribution in [-0.2, 0) is 11.2 Å². The van der Waals surface area contributed by atoms with Crippen LogP contribution < -0.4 is 10.9 Å². The Balaban J connectivity index is 1.82. The summed E-state index contributed by atoms with van der Waals surface area (Å²) in [5.41, 5.74) is 3.63. The summed E-state index contributed by atoms with van der Waals surface area (Å²) < 4.78 is 28.0. The van der Waals surface area contributed by atoms with Gasteiger partial charge in [0.25, 0.3) is 5.91 Å². The molecule has 5 nitrogen and oxygen atoms in total. The molecule has 0 aromatic heterocycles. The molecule has 2 N–H and O–H groups in total. The number of nitrogens with one attached hydrogen (secondary N) is 2. The van der Waals surface area contributed by atoms with Crippen LogP contribution in [0.5, 0.6) is 0 Å². The minimum absolute atomic E-state index is 0.215. The van der Waals surface area contributed by atoms with Gasteiger partial charge in [-0.15, -0.1) is 0 Å². The fourth-order valence-electron chi connectivity index (χ4n) is 3.26. The number of nitrogens with zero attached hydrogens (tertiary/aromatic N) is 1. The van der Waals surface area contributed by atoms with Gasteiger partial charge < -0.3 is 4.81 Å². The number of halogens is 2. The van der Waals surface area contributed by atoms with Crippen molar-refractivity contribution in [1.29, 1.82) is 0 Å². The first-order valence-corrected chi connectivity index (χ1v) is 8.67. The van der Waals surface area contributed by atoms with Gasteiger partial charge in [0.05, 0.1) is 0 Å². The highest BCUT2D eigenvalue weighted by atomic mass is 19.1. The zero-order valence-electron chi connectivity index (χ0n) is 14.5. The Bertz CT molecular complexity index is 585. The molecule has 1 aromatic carbocycles. The Hall–Kier alpha value is -1.96. The maximum Gasteiger partial charge on any atom is 0.275 e. The minimum Gasteiger partial charge on any atom is -0.349 e. The second-order valence-corrected chi connectivity index (χ2v) is 6.64. The van der Waals surface area contributed by atoms with Crippen LogP contribution in [-0.4, -0.2) is 38.2 Å². The summed E-state index contributed by atoms with van der Waals surface area (Å²) in [6.07, 6.45) is 6.28. The molecule has 1 aliphatic heterocycles. The molecule has 1 fully saturated rings. The lowest BCUT2D eigenvalue weighted by molar-refractivity contribution is -0.110. The highest BCUT2D eigenvalue weighted by molar-refractivity contribution is 6.04. The number of benzene rings is 1. The number of amides is 2. The van der Waals surface area contributed by atoms with E-state index in [4.69, 9.17) is 0 Å². The largest absolute Gasteiger partial charge is 0.349 e. The van der Waals surface area contributed by atoms with Crippen molar-refractivity contribution in [3.8, 4) is 0 Å². The summed E-state index contributed by atoms with van der Waals surface area (Å²) in [7, 11) is 2.14. The number of carbonyl (C=O) groups excluding carboxylic acids is 2. The molecule has 0 unspecified atom stereocenters. The van der Waals surface area contributed by atoms with E-state index in [1.54, 1.807) is 0 Å². The minimum atomic E-state index is -1.02. The molecule has 25 heavy (non-hydrogen) atoms. The van der Waals surface area contributed by atoms with E-state index < -0.39 is 23.1 Å². The lowest BCUT2D eigenvalue weighted by Crippen LogP contribution is -2.37. The molecule has 0 spiro atoms. The average molecular weight is 351 g/mol. The van der Waals surface area contributed by atoms with Crippen molar-refractivity contribution in [2.24, 2.45) is 5.92 Å². The smallest absolute Gasteiger partial charge is 0.275 e. The molecular formula is C17H24BF2N3O2. The Morgan fingerprint density at radius 1 is 1.24 bits per heavy atom. The van der Waals surface area contributed by atoms with Crippen LogP contribution in [0.2, 0.25) is 0 Å². The fraction of sp³-hybridized carbons (Fsp3) is 0.529. The van der Waals surface area contributed by atoms with Gasteiger partial charge in [0, 0.05) is 0 Å². The maximum atomic E-state index is 14.0. The molecule has 0 atom stereocenters. The third-order valence-electron chi connectivity index (χ3n) is 4.74. The zero-order chi connectivity index (χ0) is 18.2.